The van der Waals surface area contributed by atoms with Gasteiger partial charge in [-0.2, -0.15) is 0 Å². The van der Waals surface area contributed by atoms with Crippen LogP contribution in [-0.2, 0) is 19.5 Å². The summed E-state index contributed by atoms with van der Waals surface area (Å²) in [5.74, 6) is 1.66. The topological polar surface area (TPSA) is 49.8 Å². The standard InChI is InChI=1S/C15H20N4/c1-3-12-4-6-13(7-5-12)10-18-14-8-9-17-15(19-14)11-16-2/h4-9,16H,3,10-11H2,1-2H3,(H,17,18,19). The van der Waals surface area contributed by atoms with Crippen molar-refractivity contribution in [3.05, 3.63) is 53.5 Å². The van der Waals surface area contributed by atoms with Crippen LogP contribution in [0.25, 0.3) is 0 Å². The normalized spacial score (nSPS) is 10.4. The third-order valence-electron chi connectivity index (χ3n) is 2.95. The zero-order valence-electron chi connectivity index (χ0n) is 11.5. The van der Waals surface area contributed by atoms with Crippen molar-refractivity contribution in [2.75, 3.05) is 12.4 Å². The van der Waals surface area contributed by atoms with Crippen LogP contribution in [0.4, 0.5) is 5.82 Å². The first kappa shape index (κ1) is 13.5. The molecule has 2 N–H and O–H groups in total. The van der Waals surface area contributed by atoms with Gasteiger partial charge in [-0.3, -0.25) is 0 Å². The van der Waals surface area contributed by atoms with Crippen LogP contribution in [0.1, 0.15) is 23.9 Å². The monoisotopic (exact) mass is 256 g/mol. The number of benzene rings is 1. The molecule has 1 aromatic carbocycles. The van der Waals surface area contributed by atoms with Crippen molar-refractivity contribution in [3.8, 4) is 0 Å². The number of aryl methyl sites for hydroxylation is 1. The number of nitrogens with one attached hydrogen (secondary N) is 2. The first-order valence-electron chi connectivity index (χ1n) is 6.60. The van der Waals surface area contributed by atoms with Crippen LogP contribution in [-0.4, -0.2) is 17.0 Å². The highest BCUT2D eigenvalue weighted by Crippen LogP contribution is 2.08. The Balaban J connectivity index is 1.95. The zero-order valence-corrected chi connectivity index (χ0v) is 11.5. The van der Waals surface area contributed by atoms with Gasteiger partial charge in [-0.05, 0) is 30.7 Å². The van der Waals surface area contributed by atoms with Crippen molar-refractivity contribution in [1.29, 1.82) is 0 Å². The number of nitrogens with zero attached hydrogens (tertiary/aromatic N) is 2. The van der Waals surface area contributed by atoms with Gasteiger partial charge in [0.05, 0.1) is 6.54 Å². The minimum Gasteiger partial charge on any atom is -0.366 e. The molecule has 0 saturated carbocycles. The maximum Gasteiger partial charge on any atom is 0.144 e. The van der Waals surface area contributed by atoms with E-state index in [1.807, 2.05) is 13.1 Å². The average Bonchev–Trinajstić information content (AvgIpc) is 2.46. The van der Waals surface area contributed by atoms with E-state index in [9.17, 15) is 0 Å². The quantitative estimate of drug-likeness (QED) is 0.833. The van der Waals surface area contributed by atoms with Crippen molar-refractivity contribution >= 4 is 5.82 Å². The molecule has 0 radical (unpaired) electrons. The molecular formula is C15H20N4. The Bertz CT molecular complexity index is 508. The molecule has 4 heteroatoms. The number of aromatic nitrogens is 2. The summed E-state index contributed by atoms with van der Waals surface area (Å²) in [5, 5.41) is 6.36. The van der Waals surface area contributed by atoms with Gasteiger partial charge in [0, 0.05) is 12.7 Å². The van der Waals surface area contributed by atoms with Crippen molar-refractivity contribution in [3.63, 3.8) is 0 Å². The van der Waals surface area contributed by atoms with Crippen LogP contribution < -0.4 is 10.6 Å². The molecule has 0 amide bonds. The van der Waals surface area contributed by atoms with Gasteiger partial charge in [0.1, 0.15) is 11.6 Å². The van der Waals surface area contributed by atoms with Crippen molar-refractivity contribution in [2.24, 2.45) is 0 Å². The van der Waals surface area contributed by atoms with Gasteiger partial charge >= 0.3 is 0 Å². The molecule has 0 aliphatic carbocycles. The van der Waals surface area contributed by atoms with Gasteiger partial charge in [-0.15, -0.1) is 0 Å². The second-order valence-electron chi connectivity index (χ2n) is 4.41. The van der Waals surface area contributed by atoms with Crippen LogP contribution >= 0.6 is 0 Å². The zero-order chi connectivity index (χ0) is 13.5. The van der Waals surface area contributed by atoms with Gasteiger partial charge < -0.3 is 10.6 Å². The second kappa shape index (κ2) is 6.85. The van der Waals surface area contributed by atoms with Crippen LogP contribution in [0.3, 0.4) is 0 Å². The predicted molar refractivity (Wildman–Crippen MR) is 77.9 cm³/mol. The Morgan fingerprint density at radius 1 is 1.00 bits per heavy atom. The molecule has 0 aliphatic heterocycles. The highest BCUT2D eigenvalue weighted by molar-refractivity contribution is 5.35. The lowest BCUT2D eigenvalue weighted by atomic mass is 10.1. The van der Waals surface area contributed by atoms with Crippen molar-refractivity contribution in [1.82, 2.24) is 15.3 Å². The molecule has 1 heterocycles. The summed E-state index contributed by atoms with van der Waals surface area (Å²) in [6.45, 7) is 3.62. The average molecular weight is 256 g/mol. The third kappa shape index (κ3) is 4.03. The molecule has 2 rings (SSSR count). The highest BCUT2D eigenvalue weighted by atomic mass is 15.0. The Labute approximate surface area is 114 Å². The maximum absolute atomic E-state index is 4.43. The van der Waals surface area contributed by atoms with E-state index in [1.165, 1.54) is 11.1 Å². The minimum atomic E-state index is 0.681. The summed E-state index contributed by atoms with van der Waals surface area (Å²) in [5.41, 5.74) is 2.62. The van der Waals surface area contributed by atoms with E-state index in [2.05, 4.69) is 51.8 Å². The summed E-state index contributed by atoms with van der Waals surface area (Å²) >= 11 is 0. The van der Waals surface area contributed by atoms with E-state index in [-0.39, 0.29) is 0 Å². The van der Waals surface area contributed by atoms with Crippen LogP contribution in [0.15, 0.2) is 36.5 Å². The summed E-state index contributed by atoms with van der Waals surface area (Å²) in [4.78, 5) is 8.62. The molecule has 0 spiro atoms. The van der Waals surface area contributed by atoms with E-state index in [1.54, 1.807) is 6.20 Å². The fraction of sp³-hybridized carbons (Fsp3) is 0.333. The van der Waals surface area contributed by atoms with Gasteiger partial charge in [-0.1, -0.05) is 31.2 Å². The molecule has 19 heavy (non-hydrogen) atoms. The lowest BCUT2D eigenvalue weighted by molar-refractivity contribution is 0.758. The number of hydrogen-bond donors (Lipinski definition) is 2. The van der Waals surface area contributed by atoms with Gasteiger partial charge in [0.2, 0.25) is 0 Å². The molecule has 0 bridgehead atoms. The van der Waals surface area contributed by atoms with Gasteiger partial charge in [0.25, 0.3) is 0 Å². The van der Waals surface area contributed by atoms with E-state index in [0.717, 1.165) is 24.6 Å². The van der Waals surface area contributed by atoms with E-state index < -0.39 is 0 Å². The second-order valence-corrected chi connectivity index (χ2v) is 4.41. The van der Waals surface area contributed by atoms with Crippen LogP contribution in [0.2, 0.25) is 0 Å². The molecule has 0 saturated heterocycles. The first-order chi connectivity index (χ1) is 9.31. The molecule has 2 aromatic rings. The maximum atomic E-state index is 4.43. The van der Waals surface area contributed by atoms with E-state index in [4.69, 9.17) is 0 Å². The predicted octanol–water partition coefficient (Wildman–Crippen LogP) is 2.37. The Hall–Kier alpha value is -1.94. The molecule has 0 unspecified atom stereocenters. The SMILES string of the molecule is CCc1ccc(CNc2ccnc(CNC)n2)cc1. The third-order valence-corrected chi connectivity index (χ3v) is 2.95. The Morgan fingerprint density at radius 3 is 2.42 bits per heavy atom. The summed E-state index contributed by atoms with van der Waals surface area (Å²) in [7, 11) is 1.89. The summed E-state index contributed by atoms with van der Waals surface area (Å²) in [6.07, 6.45) is 2.86. The lowest BCUT2D eigenvalue weighted by Gasteiger charge is -2.07. The molecular weight excluding hydrogens is 236 g/mol. The Kier molecular flexibility index (Phi) is 4.86. The van der Waals surface area contributed by atoms with Crippen LogP contribution in [0, 0.1) is 0 Å². The van der Waals surface area contributed by atoms with Crippen molar-refractivity contribution in [2.45, 2.75) is 26.4 Å². The minimum absolute atomic E-state index is 0.681. The largest absolute Gasteiger partial charge is 0.366 e. The van der Waals surface area contributed by atoms with E-state index >= 15 is 0 Å². The molecule has 100 valence electrons. The molecule has 0 atom stereocenters. The van der Waals surface area contributed by atoms with Crippen molar-refractivity contribution < 1.29 is 0 Å². The molecule has 0 aliphatic rings. The molecule has 0 fully saturated rings. The summed E-state index contributed by atoms with van der Waals surface area (Å²) < 4.78 is 0. The highest BCUT2D eigenvalue weighted by Gasteiger charge is 1.99. The smallest absolute Gasteiger partial charge is 0.144 e. The summed E-state index contributed by atoms with van der Waals surface area (Å²) in [6, 6.07) is 10.5. The molecule has 1 aromatic heterocycles. The number of anilines is 1. The van der Waals surface area contributed by atoms with E-state index in [0.29, 0.717) is 6.54 Å². The van der Waals surface area contributed by atoms with Crippen LogP contribution in [0.5, 0.6) is 0 Å². The lowest BCUT2D eigenvalue weighted by Crippen LogP contribution is -2.10. The van der Waals surface area contributed by atoms with Gasteiger partial charge in [0.15, 0.2) is 0 Å². The molecule has 4 nitrogen and oxygen atoms in total. The van der Waals surface area contributed by atoms with Gasteiger partial charge in [-0.25, -0.2) is 9.97 Å². The fourth-order valence-electron chi connectivity index (χ4n) is 1.83. The first-order valence-corrected chi connectivity index (χ1v) is 6.60. The fourth-order valence-corrected chi connectivity index (χ4v) is 1.83. The number of rotatable bonds is 6. The Morgan fingerprint density at radius 2 is 1.74 bits per heavy atom. The number of hydrogen-bond acceptors (Lipinski definition) is 4.